The van der Waals surface area contributed by atoms with Gasteiger partial charge in [-0.15, -0.1) is 0 Å². The van der Waals surface area contributed by atoms with E-state index in [0.717, 1.165) is 16.4 Å². The monoisotopic (exact) mass is 387 g/mol. The Labute approximate surface area is 154 Å². The van der Waals surface area contributed by atoms with Gasteiger partial charge in [0.25, 0.3) is 15.7 Å². The molecule has 0 radical (unpaired) electrons. The van der Waals surface area contributed by atoms with Gasteiger partial charge in [-0.2, -0.15) is 0 Å². The number of sulfonamides is 1. The topological polar surface area (TPSA) is 93.4 Å². The van der Waals surface area contributed by atoms with E-state index in [9.17, 15) is 22.9 Å². The molecule has 27 heavy (non-hydrogen) atoms. The Morgan fingerprint density at radius 2 is 1.85 bits per heavy atom. The SMILES string of the molecule is O=[N+]([O-])c1cccc(S(=O)(=O)N(Cc2cccnc2)c2cccc(F)c2)c1. The number of anilines is 1. The minimum absolute atomic E-state index is 0.102. The third-order valence-electron chi connectivity index (χ3n) is 3.76. The molecule has 0 aliphatic carbocycles. The number of aromatic nitrogens is 1. The zero-order valence-corrected chi connectivity index (χ0v) is 14.7. The standard InChI is InChI=1S/C18H14FN3O4S/c19-15-5-1-6-16(10-15)21(13-14-4-3-9-20-12-14)27(25,26)18-8-2-7-17(11-18)22(23)24/h1-12H,13H2. The molecule has 1 aromatic heterocycles. The number of nitrogens with zero attached hydrogens (tertiary/aromatic N) is 3. The second kappa shape index (κ2) is 7.50. The van der Waals surface area contributed by atoms with Gasteiger partial charge in [0.15, 0.2) is 0 Å². The summed E-state index contributed by atoms with van der Waals surface area (Å²) in [7, 11) is -4.19. The van der Waals surface area contributed by atoms with Crippen molar-refractivity contribution in [1.82, 2.24) is 4.98 Å². The van der Waals surface area contributed by atoms with Crippen LogP contribution >= 0.6 is 0 Å². The summed E-state index contributed by atoms with van der Waals surface area (Å²) in [5.74, 6) is -0.599. The molecule has 0 amide bonds. The molecule has 3 aromatic rings. The average molecular weight is 387 g/mol. The number of nitro benzene ring substituents is 1. The summed E-state index contributed by atoms with van der Waals surface area (Å²) in [6, 6.07) is 13.2. The van der Waals surface area contributed by atoms with Gasteiger partial charge >= 0.3 is 0 Å². The van der Waals surface area contributed by atoms with Crippen molar-refractivity contribution in [2.24, 2.45) is 0 Å². The maximum absolute atomic E-state index is 13.7. The average Bonchev–Trinajstić information content (AvgIpc) is 2.67. The van der Waals surface area contributed by atoms with Crippen molar-refractivity contribution >= 4 is 21.4 Å². The number of halogens is 1. The first-order valence-electron chi connectivity index (χ1n) is 7.79. The van der Waals surface area contributed by atoms with Crippen LogP contribution in [0.4, 0.5) is 15.8 Å². The molecule has 0 bridgehead atoms. The number of benzene rings is 2. The Hall–Kier alpha value is -3.33. The lowest BCUT2D eigenvalue weighted by atomic mass is 10.2. The predicted octanol–water partition coefficient (Wildman–Crippen LogP) is 3.52. The Morgan fingerprint density at radius 3 is 2.52 bits per heavy atom. The molecule has 0 aliphatic heterocycles. The molecule has 0 atom stereocenters. The second-order valence-corrected chi connectivity index (χ2v) is 7.47. The summed E-state index contributed by atoms with van der Waals surface area (Å²) in [6.45, 7) is -0.109. The van der Waals surface area contributed by atoms with E-state index < -0.39 is 20.8 Å². The third kappa shape index (κ3) is 4.09. The summed E-state index contributed by atoms with van der Waals surface area (Å²) in [4.78, 5) is 14.0. The molecule has 0 N–H and O–H groups in total. The van der Waals surface area contributed by atoms with Gasteiger partial charge in [0.2, 0.25) is 0 Å². The van der Waals surface area contributed by atoms with Crippen LogP contribution in [0.5, 0.6) is 0 Å². The van der Waals surface area contributed by atoms with Gasteiger partial charge in [0, 0.05) is 24.5 Å². The lowest BCUT2D eigenvalue weighted by molar-refractivity contribution is -0.385. The van der Waals surface area contributed by atoms with E-state index in [2.05, 4.69) is 4.98 Å². The first-order chi connectivity index (χ1) is 12.9. The van der Waals surface area contributed by atoms with Gasteiger partial charge in [-0.05, 0) is 35.9 Å². The molecule has 138 valence electrons. The molecule has 0 unspecified atom stereocenters. The second-order valence-electron chi connectivity index (χ2n) is 5.61. The van der Waals surface area contributed by atoms with E-state index in [4.69, 9.17) is 0 Å². The Kier molecular flexibility index (Phi) is 5.13. The van der Waals surface area contributed by atoms with Crippen LogP contribution in [0.15, 0.2) is 78.0 Å². The van der Waals surface area contributed by atoms with Crippen molar-refractivity contribution in [3.63, 3.8) is 0 Å². The molecule has 0 spiro atoms. The van der Waals surface area contributed by atoms with Crippen LogP contribution in [-0.4, -0.2) is 18.3 Å². The van der Waals surface area contributed by atoms with E-state index >= 15 is 0 Å². The molecule has 0 saturated carbocycles. The van der Waals surface area contributed by atoms with E-state index in [0.29, 0.717) is 5.56 Å². The number of pyridine rings is 1. The summed E-state index contributed by atoms with van der Waals surface area (Å²) >= 11 is 0. The Morgan fingerprint density at radius 1 is 1.07 bits per heavy atom. The van der Waals surface area contributed by atoms with Crippen LogP contribution in [0, 0.1) is 15.9 Å². The molecule has 9 heteroatoms. The fourth-order valence-electron chi connectivity index (χ4n) is 2.49. The highest BCUT2D eigenvalue weighted by molar-refractivity contribution is 7.92. The first kappa shape index (κ1) is 18.5. The zero-order valence-electron chi connectivity index (χ0n) is 13.9. The van der Waals surface area contributed by atoms with E-state index in [1.54, 1.807) is 18.3 Å². The van der Waals surface area contributed by atoms with Crippen molar-refractivity contribution in [2.75, 3.05) is 4.31 Å². The van der Waals surface area contributed by atoms with Crippen LogP contribution in [-0.2, 0) is 16.6 Å². The molecule has 3 rings (SSSR count). The Bertz CT molecular complexity index is 1070. The fraction of sp³-hybridized carbons (Fsp3) is 0.0556. The van der Waals surface area contributed by atoms with Crippen LogP contribution in [0.1, 0.15) is 5.56 Å². The summed E-state index contributed by atoms with van der Waals surface area (Å²) in [5.41, 5.74) is 0.331. The van der Waals surface area contributed by atoms with Crippen molar-refractivity contribution in [1.29, 1.82) is 0 Å². The summed E-state index contributed by atoms with van der Waals surface area (Å²) < 4.78 is 41.1. The van der Waals surface area contributed by atoms with Gasteiger partial charge in [-0.3, -0.25) is 19.4 Å². The molecule has 0 aliphatic rings. The van der Waals surface area contributed by atoms with Crippen LogP contribution in [0.25, 0.3) is 0 Å². The fourth-order valence-corrected chi connectivity index (χ4v) is 3.97. The summed E-state index contributed by atoms with van der Waals surface area (Å²) in [6.07, 6.45) is 3.04. The third-order valence-corrected chi connectivity index (χ3v) is 5.53. The molecule has 7 nitrogen and oxygen atoms in total. The highest BCUT2D eigenvalue weighted by Crippen LogP contribution is 2.28. The minimum Gasteiger partial charge on any atom is -0.264 e. The molecule has 0 saturated heterocycles. The maximum atomic E-state index is 13.7. The first-order valence-corrected chi connectivity index (χ1v) is 9.23. The highest BCUT2D eigenvalue weighted by atomic mass is 32.2. The maximum Gasteiger partial charge on any atom is 0.270 e. The van der Waals surface area contributed by atoms with Crippen LogP contribution in [0.2, 0.25) is 0 Å². The molecular weight excluding hydrogens is 373 g/mol. The van der Waals surface area contributed by atoms with Gasteiger partial charge < -0.3 is 0 Å². The van der Waals surface area contributed by atoms with Crippen molar-refractivity contribution in [3.05, 3.63) is 94.6 Å². The number of non-ortho nitro benzene ring substituents is 1. The largest absolute Gasteiger partial charge is 0.270 e. The Balaban J connectivity index is 2.11. The number of rotatable bonds is 6. The van der Waals surface area contributed by atoms with Crippen molar-refractivity contribution in [3.8, 4) is 0 Å². The van der Waals surface area contributed by atoms with Gasteiger partial charge in [-0.25, -0.2) is 12.8 Å². The molecule has 0 fully saturated rings. The van der Waals surface area contributed by atoms with Gasteiger partial charge in [0.1, 0.15) is 5.82 Å². The number of hydrogen-bond acceptors (Lipinski definition) is 5. The van der Waals surface area contributed by atoms with E-state index in [1.165, 1.54) is 42.6 Å². The number of hydrogen-bond donors (Lipinski definition) is 0. The van der Waals surface area contributed by atoms with Gasteiger partial charge in [-0.1, -0.05) is 18.2 Å². The van der Waals surface area contributed by atoms with E-state index in [1.807, 2.05) is 0 Å². The van der Waals surface area contributed by atoms with Crippen molar-refractivity contribution < 1.29 is 17.7 Å². The predicted molar refractivity (Wildman–Crippen MR) is 97.1 cm³/mol. The quantitative estimate of drug-likeness (QED) is 0.476. The van der Waals surface area contributed by atoms with Crippen LogP contribution < -0.4 is 4.31 Å². The number of nitro groups is 1. The zero-order chi connectivity index (χ0) is 19.4. The molecular formula is C18H14FN3O4S. The minimum atomic E-state index is -4.19. The lowest BCUT2D eigenvalue weighted by Crippen LogP contribution is -2.30. The van der Waals surface area contributed by atoms with Crippen LogP contribution in [0.3, 0.4) is 0 Å². The molecule has 2 aromatic carbocycles. The lowest BCUT2D eigenvalue weighted by Gasteiger charge is -2.24. The highest BCUT2D eigenvalue weighted by Gasteiger charge is 2.27. The van der Waals surface area contributed by atoms with Crippen molar-refractivity contribution in [2.45, 2.75) is 11.4 Å². The summed E-state index contributed by atoms with van der Waals surface area (Å²) in [5, 5.41) is 11.0. The smallest absolute Gasteiger partial charge is 0.264 e. The van der Waals surface area contributed by atoms with E-state index in [-0.39, 0.29) is 22.8 Å². The normalized spacial score (nSPS) is 11.1. The van der Waals surface area contributed by atoms with Gasteiger partial charge in [0.05, 0.1) is 22.1 Å². The molecule has 1 heterocycles.